The molecule has 0 aromatic heterocycles. The van der Waals surface area contributed by atoms with Gasteiger partial charge in [-0.15, -0.1) is 0 Å². The van der Waals surface area contributed by atoms with Crippen molar-refractivity contribution in [2.24, 2.45) is 5.92 Å². The lowest BCUT2D eigenvalue weighted by molar-refractivity contribution is 0.143. The summed E-state index contributed by atoms with van der Waals surface area (Å²) in [6, 6.07) is 6.85. The number of nitrogens with one attached hydrogen (secondary N) is 1. The maximum atomic E-state index is 12.8. The molecule has 0 aliphatic heterocycles. The highest BCUT2D eigenvalue weighted by Crippen LogP contribution is 2.07. The molecule has 0 amide bonds. The van der Waals surface area contributed by atoms with Crippen LogP contribution in [0, 0.1) is 11.7 Å². The predicted octanol–water partition coefficient (Wildman–Crippen LogP) is 2.75. The van der Waals surface area contributed by atoms with Gasteiger partial charge in [0.05, 0.1) is 6.10 Å². The monoisotopic (exact) mass is 253 g/mol. The van der Waals surface area contributed by atoms with Gasteiger partial charge in [0, 0.05) is 12.6 Å². The third kappa shape index (κ3) is 6.12. The Hall–Kier alpha value is -0.930. The van der Waals surface area contributed by atoms with Crippen LogP contribution in [0.1, 0.15) is 32.8 Å². The average Bonchev–Trinajstić information content (AvgIpc) is 2.29. The molecule has 0 fully saturated rings. The summed E-state index contributed by atoms with van der Waals surface area (Å²) in [4.78, 5) is 0. The summed E-state index contributed by atoms with van der Waals surface area (Å²) in [6.45, 7) is 6.89. The van der Waals surface area contributed by atoms with Crippen molar-refractivity contribution in [2.45, 2.75) is 45.8 Å². The van der Waals surface area contributed by atoms with E-state index in [2.05, 4.69) is 26.1 Å². The van der Waals surface area contributed by atoms with Gasteiger partial charge >= 0.3 is 0 Å². The number of benzene rings is 1. The smallest absolute Gasteiger partial charge is 0.123 e. The van der Waals surface area contributed by atoms with Crippen LogP contribution in [0.3, 0.4) is 0 Å². The SMILES string of the molecule is CC(C)CC(O)CNC(C)Cc1ccc(F)cc1. The fraction of sp³-hybridized carbons (Fsp3) is 0.600. The number of halogens is 1. The minimum absolute atomic E-state index is 0.202. The highest BCUT2D eigenvalue weighted by Gasteiger charge is 2.09. The molecule has 0 heterocycles. The fourth-order valence-electron chi connectivity index (χ4n) is 2.01. The van der Waals surface area contributed by atoms with E-state index in [-0.39, 0.29) is 18.0 Å². The molecule has 1 rings (SSSR count). The van der Waals surface area contributed by atoms with Crippen LogP contribution in [0.5, 0.6) is 0 Å². The molecule has 0 aliphatic rings. The Morgan fingerprint density at radius 3 is 2.33 bits per heavy atom. The van der Waals surface area contributed by atoms with E-state index in [1.807, 2.05) is 0 Å². The fourth-order valence-corrected chi connectivity index (χ4v) is 2.01. The largest absolute Gasteiger partial charge is 0.392 e. The molecule has 0 saturated heterocycles. The quantitative estimate of drug-likeness (QED) is 0.783. The van der Waals surface area contributed by atoms with Crippen LogP contribution in [-0.2, 0) is 6.42 Å². The summed E-state index contributed by atoms with van der Waals surface area (Å²) >= 11 is 0. The number of aliphatic hydroxyl groups excluding tert-OH is 1. The lowest BCUT2D eigenvalue weighted by Gasteiger charge is -2.18. The lowest BCUT2D eigenvalue weighted by Crippen LogP contribution is -2.35. The van der Waals surface area contributed by atoms with Crippen LogP contribution >= 0.6 is 0 Å². The second-order valence-electron chi connectivity index (χ2n) is 5.42. The predicted molar refractivity (Wildman–Crippen MR) is 73.0 cm³/mol. The highest BCUT2D eigenvalue weighted by molar-refractivity contribution is 5.16. The first-order valence-corrected chi connectivity index (χ1v) is 6.63. The molecule has 2 unspecified atom stereocenters. The summed E-state index contributed by atoms with van der Waals surface area (Å²) in [6.07, 6.45) is 1.37. The molecule has 2 nitrogen and oxygen atoms in total. The van der Waals surface area contributed by atoms with Crippen molar-refractivity contribution < 1.29 is 9.50 Å². The zero-order valence-corrected chi connectivity index (χ0v) is 11.5. The molecule has 2 atom stereocenters. The molecule has 1 aromatic carbocycles. The standard InChI is InChI=1S/C15H24FNO/c1-11(2)8-15(18)10-17-12(3)9-13-4-6-14(16)7-5-13/h4-7,11-12,15,17-18H,8-10H2,1-3H3. The highest BCUT2D eigenvalue weighted by atomic mass is 19.1. The van der Waals surface area contributed by atoms with E-state index in [1.54, 1.807) is 12.1 Å². The van der Waals surface area contributed by atoms with Gasteiger partial charge in [-0.2, -0.15) is 0 Å². The van der Waals surface area contributed by atoms with E-state index in [9.17, 15) is 9.50 Å². The Balaban J connectivity index is 2.29. The van der Waals surface area contributed by atoms with Gasteiger partial charge in [-0.05, 0) is 43.4 Å². The van der Waals surface area contributed by atoms with Crippen LogP contribution in [0.2, 0.25) is 0 Å². The van der Waals surface area contributed by atoms with Gasteiger partial charge in [-0.3, -0.25) is 0 Å². The lowest BCUT2D eigenvalue weighted by atomic mass is 10.0. The zero-order chi connectivity index (χ0) is 13.5. The Morgan fingerprint density at radius 2 is 1.78 bits per heavy atom. The molecule has 0 saturated carbocycles. The van der Waals surface area contributed by atoms with Gasteiger partial charge in [0.15, 0.2) is 0 Å². The first-order valence-electron chi connectivity index (χ1n) is 6.63. The summed E-state index contributed by atoms with van der Waals surface area (Å²) in [5.41, 5.74) is 1.11. The molecule has 0 radical (unpaired) electrons. The van der Waals surface area contributed by atoms with Crippen LogP contribution in [-0.4, -0.2) is 23.8 Å². The maximum Gasteiger partial charge on any atom is 0.123 e. The van der Waals surface area contributed by atoms with Crippen molar-refractivity contribution in [2.75, 3.05) is 6.54 Å². The Morgan fingerprint density at radius 1 is 1.17 bits per heavy atom. The summed E-state index contributed by atoms with van der Waals surface area (Å²) in [5, 5.41) is 13.1. The van der Waals surface area contributed by atoms with Crippen LogP contribution in [0.15, 0.2) is 24.3 Å². The summed E-state index contributed by atoms with van der Waals surface area (Å²) in [5.74, 6) is 0.306. The average molecular weight is 253 g/mol. The van der Waals surface area contributed by atoms with Crippen LogP contribution < -0.4 is 5.32 Å². The van der Waals surface area contributed by atoms with Gasteiger partial charge in [-0.25, -0.2) is 4.39 Å². The Labute approximate surface area is 109 Å². The zero-order valence-electron chi connectivity index (χ0n) is 11.5. The molecule has 0 aliphatic carbocycles. The van der Waals surface area contributed by atoms with Crippen molar-refractivity contribution in [3.05, 3.63) is 35.6 Å². The summed E-state index contributed by atoms with van der Waals surface area (Å²) in [7, 11) is 0. The van der Waals surface area contributed by atoms with Crippen molar-refractivity contribution >= 4 is 0 Å². The van der Waals surface area contributed by atoms with Gasteiger partial charge < -0.3 is 10.4 Å². The first kappa shape index (κ1) is 15.1. The third-order valence-corrected chi connectivity index (χ3v) is 2.90. The molecule has 3 heteroatoms. The first-order chi connectivity index (χ1) is 8.47. The number of hydrogen-bond acceptors (Lipinski definition) is 2. The minimum Gasteiger partial charge on any atom is -0.392 e. The molecule has 18 heavy (non-hydrogen) atoms. The van der Waals surface area contributed by atoms with Gasteiger partial charge in [-0.1, -0.05) is 26.0 Å². The molecular weight excluding hydrogens is 229 g/mol. The Bertz CT molecular complexity index is 337. The molecule has 0 bridgehead atoms. The van der Waals surface area contributed by atoms with Gasteiger partial charge in [0.25, 0.3) is 0 Å². The number of hydrogen-bond donors (Lipinski definition) is 2. The van der Waals surface area contributed by atoms with Crippen molar-refractivity contribution in [3.63, 3.8) is 0 Å². The van der Waals surface area contributed by atoms with E-state index >= 15 is 0 Å². The second-order valence-corrected chi connectivity index (χ2v) is 5.42. The number of aliphatic hydroxyl groups is 1. The molecule has 1 aromatic rings. The van der Waals surface area contributed by atoms with E-state index in [0.29, 0.717) is 12.5 Å². The molecular formula is C15H24FNO. The van der Waals surface area contributed by atoms with E-state index in [0.717, 1.165) is 18.4 Å². The van der Waals surface area contributed by atoms with E-state index in [4.69, 9.17) is 0 Å². The van der Waals surface area contributed by atoms with Crippen molar-refractivity contribution in [1.82, 2.24) is 5.32 Å². The van der Waals surface area contributed by atoms with Gasteiger partial charge in [0.2, 0.25) is 0 Å². The Kier molecular flexibility index (Phi) is 6.30. The maximum absolute atomic E-state index is 12.8. The van der Waals surface area contributed by atoms with Gasteiger partial charge in [0.1, 0.15) is 5.82 Å². The molecule has 102 valence electrons. The third-order valence-electron chi connectivity index (χ3n) is 2.90. The van der Waals surface area contributed by atoms with Crippen LogP contribution in [0.25, 0.3) is 0 Å². The number of rotatable bonds is 7. The minimum atomic E-state index is -0.291. The van der Waals surface area contributed by atoms with E-state index < -0.39 is 0 Å². The van der Waals surface area contributed by atoms with Crippen LogP contribution in [0.4, 0.5) is 4.39 Å². The van der Waals surface area contributed by atoms with E-state index in [1.165, 1.54) is 12.1 Å². The second kappa shape index (κ2) is 7.49. The van der Waals surface area contributed by atoms with Crippen molar-refractivity contribution in [1.29, 1.82) is 0 Å². The molecule has 0 spiro atoms. The topological polar surface area (TPSA) is 32.3 Å². The summed E-state index contributed by atoms with van der Waals surface area (Å²) < 4.78 is 12.8. The van der Waals surface area contributed by atoms with Crippen molar-refractivity contribution in [3.8, 4) is 0 Å². The molecule has 2 N–H and O–H groups in total. The normalized spacial score (nSPS) is 14.8.